The first-order valence-electron chi connectivity index (χ1n) is 4.70. The van der Waals surface area contributed by atoms with Crippen molar-refractivity contribution >= 4 is 11.8 Å². The minimum absolute atomic E-state index is 0.120. The number of carbonyl (C=O) groups is 2. The van der Waals surface area contributed by atoms with Gasteiger partial charge >= 0.3 is 0 Å². The van der Waals surface area contributed by atoms with Crippen molar-refractivity contribution in [3.05, 3.63) is 0 Å². The molecule has 0 aromatic heterocycles. The Hall–Kier alpha value is -1.14. The molecular formula is C9H18N2O4. The van der Waals surface area contributed by atoms with E-state index in [1.165, 1.54) is 13.8 Å². The van der Waals surface area contributed by atoms with Crippen LogP contribution in [0.4, 0.5) is 0 Å². The minimum Gasteiger partial charge on any atom is -0.394 e. The Morgan fingerprint density at radius 3 is 2.20 bits per heavy atom. The molecule has 0 aromatic carbocycles. The average molecular weight is 218 g/mol. The van der Waals surface area contributed by atoms with Gasteiger partial charge in [-0.25, -0.2) is 0 Å². The lowest BCUT2D eigenvalue weighted by atomic mass is 10.1. The summed E-state index contributed by atoms with van der Waals surface area (Å²) in [5.41, 5.74) is -1.01. The van der Waals surface area contributed by atoms with Crippen LogP contribution < -0.4 is 10.6 Å². The van der Waals surface area contributed by atoms with Crippen molar-refractivity contribution < 1.29 is 19.8 Å². The summed E-state index contributed by atoms with van der Waals surface area (Å²) in [4.78, 5) is 21.8. The van der Waals surface area contributed by atoms with E-state index < -0.39 is 5.54 Å². The molecule has 0 heterocycles. The molecule has 0 saturated heterocycles. The highest BCUT2D eigenvalue weighted by molar-refractivity contribution is 5.78. The maximum atomic E-state index is 11.3. The first-order chi connectivity index (χ1) is 6.93. The van der Waals surface area contributed by atoms with Gasteiger partial charge in [0.15, 0.2) is 0 Å². The van der Waals surface area contributed by atoms with Gasteiger partial charge in [-0.3, -0.25) is 9.59 Å². The molecule has 0 fully saturated rings. The third-order valence-corrected chi connectivity index (χ3v) is 1.87. The third kappa shape index (κ3) is 6.03. The second-order valence-corrected chi connectivity index (χ2v) is 3.66. The van der Waals surface area contributed by atoms with Crippen LogP contribution in [0.5, 0.6) is 0 Å². The van der Waals surface area contributed by atoms with Gasteiger partial charge in [-0.15, -0.1) is 0 Å². The van der Waals surface area contributed by atoms with Gasteiger partial charge in [0.2, 0.25) is 11.8 Å². The van der Waals surface area contributed by atoms with Crippen molar-refractivity contribution in [2.24, 2.45) is 0 Å². The van der Waals surface area contributed by atoms with Crippen LogP contribution in [0.3, 0.4) is 0 Å². The standard InChI is InChI=1S/C9H18N2O4/c1-7(14)10-4-3-8(15)11-9(2,5-12)6-13/h12-13H,3-6H2,1-2H3,(H,10,14)(H,11,15). The molecule has 88 valence electrons. The monoisotopic (exact) mass is 218 g/mol. The zero-order valence-electron chi connectivity index (χ0n) is 9.04. The molecule has 0 rings (SSSR count). The van der Waals surface area contributed by atoms with Gasteiger partial charge in [-0.1, -0.05) is 0 Å². The van der Waals surface area contributed by atoms with Crippen LogP contribution in [0.1, 0.15) is 20.3 Å². The van der Waals surface area contributed by atoms with Gasteiger partial charge in [0, 0.05) is 19.9 Å². The maximum absolute atomic E-state index is 11.3. The molecule has 0 aliphatic carbocycles. The number of aliphatic hydroxyl groups excluding tert-OH is 2. The second-order valence-electron chi connectivity index (χ2n) is 3.66. The van der Waals surface area contributed by atoms with E-state index in [1.807, 2.05) is 0 Å². The van der Waals surface area contributed by atoms with E-state index in [1.54, 1.807) is 0 Å². The van der Waals surface area contributed by atoms with Crippen LogP contribution in [-0.2, 0) is 9.59 Å². The summed E-state index contributed by atoms with van der Waals surface area (Å²) in [6.45, 7) is 2.46. The van der Waals surface area contributed by atoms with Gasteiger partial charge in [-0.05, 0) is 6.92 Å². The third-order valence-electron chi connectivity index (χ3n) is 1.87. The number of nitrogens with one attached hydrogen (secondary N) is 2. The Morgan fingerprint density at radius 1 is 1.27 bits per heavy atom. The summed E-state index contributed by atoms with van der Waals surface area (Å²) < 4.78 is 0. The fourth-order valence-corrected chi connectivity index (χ4v) is 0.880. The molecule has 2 amide bonds. The van der Waals surface area contributed by atoms with E-state index in [0.717, 1.165) is 0 Å². The maximum Gasteiger partial charge on any atom is 0.222 e. The first kappa shape index (κ1) is 13.9. The van der Waals surface area contributed by atoms with Crippen LogP contribution in [0, 0.1) is 0 Å². The lowest BCUT2D eigenvalue weighted by molar-refractivity contribution is -0.124. The van der Waals surface area contributed by atoms with Crippen molar-refractivity contribution in [1.82, 2.24) is 10.6 Å². The summed E-state index contributed by atoms with van der Waals surface area (Å²) in [5.74, 6) is -0.524. The Kier molecular flexibility index (Phi) is 5.88. The Labute approximate surface area is 88.7 Å². The largest absolute Gasteiger partial charge is 0.394 e. The highest BCUT2D eigenvalue weighted by Crippen LogP contribution is 2.00. The van der Waals surface area contributed by atoms with E-state index in [-0.39, 0.29) is 38.0 Å². The lowest BCUT2D eigenvalue weighted by Gasteiger charge is -2.26. The predicted octanol–water partition coefficient (Wildman–Crippen LogP) is -1.63. The molecule has 4 N–H and O–H groups in total. The van der Waals surface area contributed by atoms with E-state index in [4.69, 9.17) is 10.2 Å². The smallest absolute Gasteiger partial charge is 0.222 e. The summed E-state index contributed by atoms with van der Waals surface area (Å²) in [6.07, 6.45) is 0.120. The van der Waals surface area contributed by atoms with Gasteiger partial charge in [0.05, 0.1) is 18.8 Å². The Bertz CT molecular complexity index is 226. The summed E-state index contributed by atoms with van der Waals surface area (Å²) >= 11 is 0. The molecule has 0 atom stereocenters. The highest BCUT2D eigenvalue weighted by atomic mass is 16.3. The molecule has 0 saturated carbocycles. The lowest BCUT2D eigenvalue weighted by Crippen LogP contribution is -2.52. The van der Waals surface area contributed by atoms with Crippen molar-refractivity contribution in [3.63, 3.8) is 0 Å². The fraction of sp³-hybridized carbons (Fsp3) is 0.778. The molecule has 0 spiro atoms. The normalized spacial score (nSPS) is 10.9. The van der Waals surface area contributed by atoms with Crippen LogP contribution in [0.25, 0.3) is 0 Å². The van der Waals surface area contributed by atoms with Crippen LogP contribution >= 0.6 is 0 Å². The molecular weight excluding hydrogens is 200 g/mol. The van der Waals surface area contributed by atoms with Crippen LogP contribution in [-0.4, -0.2) is 47.3 Å². The predicted molar refractivity (Wildman–Crippen MR) is 54.0 cm³/mol. The van der Waals surface area contributed by atoms with Crippen LogP contribution in [0.2, 0.25) is 0 Å². The van der Waals surface area contributed by atoms with Gasteiger partial charge in [-0.2, -0.15) is 0 Å². The quantitative estimate of drug-likeness (QED) is 0.430. The minimum atomic E-state index is -1.01. The summed E-state index contributed by atoms with van der Waals surface area (Å²) in [6, 6.07) is 0. The molecule has 6 nitrogen and oxygen atoms in total. The molecule has 15 heavy (non-hydrogen) atoms. The van der Waals surface area contributed by atoms with Crippen LogP contribution in [0.15, 0.2) is 0 Å². The van der Waals surface area contributed by atoms with E-state index >= 15 is 0 Å². The molecule has 6 heteroatoms. The SMILES string of the molecule is CC(=O)NCCC(=O)NC(C)(CO)CO. The van der Waals surface area contributed by atoms with Gasteiger partial charge < -0.3 is 20.8 Å². The number of hydrogen-bond acceptors (Lipinski definition) is 4. The summed E-state index contributed by atoms with van der Waals surface area (Å²) in [5, 5.41) is 22.8. The molecule has 0 aromatic rings. The molecule has 0 bridgehead atoms. The Morgan fingerprint density at radius 2 is 1.80 bits per heavy atom. The zero-order chi connectivity index (χ0) is 11.9. The molecule has 0 radical (unpaired) electrons. The van der Waals surface area contributed by atoms with E-state index in [2.05, 4.69) is 10.6 Å². The summed E-state index contributed by atoms with van der Waals surface area (Å²) in [7, 11) is 0. The van der Waals surface area contributed by atoms with Crippen molar-refractivity contribution in [2.45, 2.75) is 25.8 Å². The van der Waals surface area contributed by atoms with Crippen molar-refractivity contribution in [1.29, 1.82) is 0 Å². The highest BCUT2D eigenvalue weighted by Gasteiger charge is 2.23. The number of hydrogen-bond donors (Lipinski definition) is 4. The number of rotatable bonds is 6. The Balaban J connectivity index is 3.87. The van der Waals surface area contributed by atoms with Gasteiger partial charge in [0.1, 0.15) is 0 Å². The van der Waals surface area contributed by atoms with Crippen molar-refractivity contribution in [3.8, 4) is 0 Å². The first-order valence-corrected chi connectivity index (χ1v) is 4.70. The zero-order valence-corrected chi connectivity index (χ0v) is 9.04. The topological polar surface area (TPSA) is 98.7 Å². The second kappa shape index (κ2) is 6.36. The molecule has 0 aliphatic rings. The number of carbonyl (C=O) groups excluding carboxylic acids is 2. The average Bonchev–Trinajstić information content (AvgIpc) is 2.17. The number of amides is 2. The number of aliphatic hydroxyl groups is 2. The van der Waals surface area contributed by atoms with Crippen molar-refractivity contribution in [2.75, 3.05) is 19.8 Å². The molecule has 0 unspecified atom stereocenters. The van der Waals surface area contributed by atoms with E-state index in [0.29, 0.717) is 0 Å². The molecule has 0 aliphatic heterocycles. The van der Waals surface area contributed by atoms with E-state index in [9.17, 15) is 9.59 Å². The fourth-order valence-electron chi connectivity index (χ4n) is 0.880. The van der Waals surface area contributed by atoms with Gasteiger partial charge in [0.25, 0.3) is 0 Å².